The zero-order valence-electron chi connectivity index (χ0n) is 14.8. The van der Waals surface area contributed by atoms with Crippen molar-refractivity contribution in [3.05, 3.63) is 52.3 Å². The number of ether oxygens (including phenoxy) is 1. The first-order chi connectivity index (χ1) is 12.6. The van der Waals surface area contributed by atoms with Crippen molar-refractivity contribution in [3.63, 3.8) is 0 Å². The molecule has 1 aliphatic heterocycles. The van der Waals surface area contributed by atoms with E-state index in [2.05, 4.69) is 20.6 Å². The number of hydrogen-bond donors (Lipinski definition) is 2. The summed E-state index contributed by atoms with van der Waals surface area (Å²) in [6.07, 6.45) is 2.93. The normalized spacial score (nSPS) is 16.5. The number of rotatable bonds is 7. The van der Waals surface area contributed by atoms with Gasteiger partial charge in [0.15, 0.2) is 0 Å². The van der Waals surface area contributed by atoms with Gasteiger partial charge in [0.2, 0.25) is 5.95 Å². The molecule has 1 unspecified atom stereocenters. The zero-order chi connectivity index (χ0) is 18.4. The first kappa shape index (κ1) is 18.6. The number of nitrogens with one attached hydrogen (secondary N) is 2. The van der Waals surface area contributed by atoms with Crippen LogP contribution in [0.15, 0.2) is 30.3 Å². The lowest BCUT2D eigenvalue weighted by Gasteiger charge is -2.11. The standard InChI is InChI=1S/C19H23ClN4O2/c1-13-10-17(18(25)22-12-16-6-3-9-26-16)24-19(23-13)21-8-7-14-4-2-5-15(20)11-14/h2,4-5,10-11,16H,3,6-9,12H2,1H3,(H,22,25)(H,21,23,24). The fraction of sp³-hybridized carbons (Fsp3) is 0.421. The van der Waals surface area contributed by atoms with Crippen LogP contribution in [-0.4, -0.2) is 41.7 Å². The largest absolute Gasteiger partial charge is 0.376 e. The highest BCUT2D eigenvalue weighted by atomic mass is 35.5. The molecule has 0 aliphatic carbocycles. The molecule has 1 aliphatic rings. The Kier molecular flexibility index (Phi) is 6.41. The van der Waals surface area contributed by atoms with Crippen LogP contribution in [0.4, 0.5) is 5.95 Å². The van der Waals surface area contributed by atoms with Gasteiger partial charge in [-0.05, 0) is 49.9 Å². The van der Waals surface area contributed by atoms with E-state index in [4.69, 9.17) is 16.3 Å². The van der Waals surface area contributed by atoms with Crippen molar-refractivity contribution in [1.29, 1.82) is 0 Å². The molecular formula is C19H23ClN4O2. The number of halogens is 1. The highest BCUT2D eigenvalue weighted by Crippen LogP contribution is 2.12. The third kappa shape index (κ3) is 5.41. The van der Waals surface area contributed by atoms with Crippen LogP contribution in [0.1, 0.15) is 34.6 Å². The Morgan fingerprint density at radius 2 is 2.23 bits per heavy atom. The summed E-state index contributed by atoms with van der Waals surface area (Å²) in [5.74, 6) is 0.248. The molecule has 2 aromatic rings. The van der Waals surface area contributed by atoms with Gasteiger partial charge in [0.25, 0.3) is 5.91 Å². The number of benzene rings is 1. The van der Waals surface area contributed by atoms with Crippen LogP contribution in [0.2, 0.25) is 5.02 Å². The fourth-order valence-corrected chi connectivity index (χ4v) is 3.09. The van der Waals surface area contributed by atoms with E-state index in [0.29, 0.717) is 24.7 Å². The van der Waals surface area contributed by atoms with Gasteiger partial charge in [-0.1, -0.05) is 23.7 Å². The predicted molar refractivity (Wildman–Crippen MR) is 102 cm³/mol. The van der Waals surface area contributed by atoms with E-state index < -0.39 is 0 Å². The van der Waals surface area contributed by atoms with E-state index in [0.717, 1.165) is 42.1 Å². The molecule has 0 radical (unpaired) electrons. The van der Waals surface area contributed by atoms with Gasteiger partial charge in [0.1, 0.15) is 5.69 Å². The Balaban J connectivity index is 1.55. The van der Waals surface area contributed by atoms with Crippen molar-refractivity contribution in [2.75, 3.05) is 25.0 Å². The van der Waals surface area contributed by atoms with Gasteiger partial charge in [-0.2, -0.15) is 0 Å². The maximum Gasteiger partial charge on any atom is 0.270 e. The third-order valence-electron chi connectivity index (χ3n) is 4.19. The number of carbonyl (C=O) groups is 1. The number of aryl methyl sites for hydroxylation is 1. The second-order valence-electron chi connectivity index (χ2n) is 6.37. The first-order valence-corrected chi connectivity index (χ1v) is 9.22. The topological polar surface area (TPSA) is 76.1 Å². The first-order valence-electron chi connectivity index (χ1n) is 8.84. The van der Waals surface area contributed by atoms with Gasteiger partial charge in [-0.15, -0.1) is 0 Å². The summed E-state index contributed by atoms with van der Waals surface area (Å²) < 4.78 is 5.52. The van der Waals surface area contributed by atoms with Gasteiger partial charge in [0, 0.05) is 30.4 Å². The summed E-state index contributed by atoms with van der Waals surface area (Å²) in [7, 11) is 0. The molecule has 1 amide bonds. The van der Waals surface area contributed by atoms with Gasteiger partial charge in [0.05, 0.1) is 6.10 Å². The predicted octanol–water partition coefficient (Wildman–Crippen LogP) is 3.00. The lowest BCUT2D eigenvalue weighted by molar-refractivity contribution is 0.0853. The van der Waals surface area contributed by atoms with E-state index in [1.165, 1.54) is 0 Å². The third-order valence-corrected chi connectivity index (χ3v) is 4.42. The van der Waals surface area contributed by atoms with Crippen LogP contribution in [0.3, 0.4) is 0 Å². The van der Waals surface area contributed by atoms with E-state index in [9.17, 15) is 4.79 Å². The zero-order valence-corrected chi connectivity index (χ0v) is 15.6. The molecule has 0 saturated carbocycles. The van der Waals surface area contributed by atoms with Crippen molar-refractivity contribution in [1.82, 2.24) is 15.3 Å². The molecule has 2 N–H and O–H groups in total. The van der Waals surface area contributed by atoms with Crippen LogP contribution in [0.5, 0.6) is 0 Å². The summed E-state index contributed by atoms with van der Waals surface area (Å²) in [5, 5.41) is 6.78. The Labute approximate surface area is 158 Å². The minimum atomic E-state index is -0.205. The lowest BCUT2D eigenvalue weighted by Crippen LogP contribution is -2.32. The molecule has 1 aromatic carbocycles. The number of carbonyl (C=O) groups excluding carboxylic acids is 1. The molecule has 1 aromatic heterocycles. The lowest BCUT2D eigenvalue weighted by atomic mass is 10.1. The molecule has 7 heteroatoms. The molecule has 0 spiro atoms. The quantitative estimate of drug-likeness (QED) is 0.779. The number of amides is 1. The summed E-state index contributed by atoms with van der Waals surface area (Å²) in [6, 6.07) is 9.42. The van der Waals surface area contributed by atoms with Crippen molar-refractivity contribution >= 4 is 23.5 Å². The van der Waals surface area contributed by atoms with Gasteiger partial charge in [-0.25, -0.2) is 9.97 Å². The number of hydrogen-bond acceptors (Lipinski definition) is 5. The van der Waals surface area contributed by atoms with E-state index in [1.54, 1.807) is 6.07 Å². The Morgan fingerprint density at radius 3 is 3.00 bits per heavy atom. The summed E-state index contributed by atoms with van der Waals surface area (Å²) in [5.41, 5.74) is 2.24. The fourth-order valence-electron chi connectivity index (χ4n) is 2.88. The van der Waals surface area contributed by atoms with Gasteiger partial charge >= 0.3 is 0 Å². The molecule has 6 nitrogen and oxygen atoms in total. The van der Waals surface area contributed by atoms with Crippen molar-refractivity contribution < 1.29 is 9.53 Å². The van der Waals surface area contributed by atoms with Crippen LogP contribution in [0, 0.1) is 6.92 Å². The molecule has 26 heavy (non-hydrogen) atoms. The van der Waals surface area contributed by atoms with Crippen molar-refractivity contribution in [2.24, 2.45) is 0 Å². The maximum absolute atomic E-state index is 12.3. The second kappa shape index (κ2) is 8.96. The van der Waals surface area contributed by atoms with E-state index in [-0.39, 0.29) is 12.0 Å². The van der Waals surface area contributed by atoms with Gasteiger partial charge < -0.3 is 15.4 Å². The van der Waals surface area contributed by atoms with Crippen LogP contribution in [-0.2, 0) is 11.2 Å². The van der Waals surface area contributed by atoms with E-state index >= 15 is 0 Å². The highest BCUT2D eigenvalue weighted by molar-refractivity contribution is 6.30. The molecule has 1 saturated heterocycles. The molecule has 1 atom stereocenters. The summed E-state index contributed by atoms with van der Waals surface area (Å²) >= 11 is 6.00. The number of nitrogens with zero attached hydrogens (tertiary/aromatic N) is 2. The number of aromatic nitrogens is 2. The minimum absolute atomic E-state index is 0.108. The van der Waals surface area contributed by atoms with Crippen LogP contribution in [0.25, 0.3) is 0 Å². The molecule has 1 fully saturated rings. The highest BCUT2D eigenvalue weighted by Gasteiger charge is 2.17. The number of anilines is 1. The summed E-state index contributed by atoms with van der Waals surface area (Å²) in [4.78, 5) is 21.0. The maximum atomic E-state index is 12.3. The van der Waals surface area contributed by atoms with Gasteiger partial charge in [-0.3, -0.25) is 4.79 Å². The van der Waals surface area contributed by atoms with Crippen LogP contribution < -0.4 is 10.6 Å². The monoisotopic (exact) mass is 374 g/mol. The van der Waals surface area contributed by atoms with Crippen LogP contribution >= 0.6 is 11.6 Å². The minimum Gasteiger partial charge on any atom is -0.376 e. The molecule has 2 heterocycles. The SMILES string of the molecule is Cc1cc(C(=O)NCC2CCCO2)nc(NCCc2cccc(Cl)c2)n1. The molecule has 0 bridgehead atoms. The Bertz CT molecular complexity index is 763. The second-order valence-corrected chi connectivity index (χ2v) is 6.81. The smallest absolute Gasteiger partial charge is 0.270 e. The summed E-state index contributed by atoms with van der Waals surface area (Å²) in [6.45, 7) is 3.79. The van der Waals surface area contributed by atoms with Crippen molar-refractivity contribution in [2.45, 2.75) is 32.3 Å². The molecular weight excluding hydrogens is 352 g/mol. The van der Waals surface area contributed by atoms with Crippen molar-refractivity contribution in [3.8, 4) is 0 Å². The Hall–Kier alpha value is -2.18. The van der Waals surface area contributed by atoms with E-state index in [1.807, 2.05) is 31.2 Å². The Morgan fingerprint density at radius 1 is 1.35 bits per heavy atom. The molecule has 138 valence electrons. The molecule has 3 rings (SSSR count). The average Bonchev–Trinajstić information content (AvgIpc) is 3.13. The average molecular weight is 375 g/mol.